The van der Waals surface area contributed by atoms with Crippen LogP contribution in [0.25, 0.3) is 0 Å². The molecule has 1 aromatic carbocycles. The Hall–Kier alpha value is -2.09. The number of nitriles is 1. The molecule has 0 saturated carbocycles. The molecule has 0 fully saturated rings. The maximum absolute atomic E-state index is 10.3. The SMILES string of the molecule is N#CCc1cccc([N+](=O)[O-])c1O. The average molecular weight is 178 g/mol. The molecule has 0 aromatic heterocycles. The Bertz CT molecular complexity index is 381. The van der Waals surface area contributed by atoms with Crippen molar-refractivity contribution >= 4 is 5.69 Å². The van der Waals surface area contributed by atoms with E-state index >= 15 is 0 Å². The van der Waals surface area contributed by atoms with Crippen molar-refractivity contribution in [2.24, 2.45) is 0 Å². The molecule has 0 aliphatic rings. The van der Waals surface area contributed by atoms with E-state index < -0.39 is 10.7 Å². The summed E-state index contributed by atoms with van der Waals surface area (Å²) in [5.41, 5.74) is -0.0931. The highest BCUT2D eigenvalue weighted by atomic mass is 16.6. The number of benzene rings is 1. The van der Waals surface area contributed by atoms with E-state index in [1.54, 1.807) is 0 Å². The van der Waals surface area contributed by atoms with Crippen molar-refractivity contribution in [1.82, 2.24) is 0 Å². The van der Waals surface area contributed by atoms with E-state index in [9.17, 15) is 15.2 Å². The first-order valence-electron chi connectivity index (χ1n) is 3.49. The lowest BCUT2D eigenvalue weighted by Crippen LogP contribution is -1.91. The highest BCUT2D eigenvalue weighted by Crippen LogP contribution is 2.29. The van der Waals surface area contributed by atoms with Crippen molar-refractivity contribution in [3.63, 3.8) is 0 Å². The summed E-state index contributed by atoms with van der Waals surface area (Å²) in [7, 11) is 0. The molecule has 0 radical (unpaired) electrons. The summed E-state index contributed by atoms with van der Waals surface area (Å²) >= 11 is 0. The fraction of sp³-hybridized carbons (Fsp3) is 0.125. The number of nitrogens with zero attached hydrogens (tertiary/aromatic N) is 2. The first-order chi connectivity index (χ1) is 6.16. The van der Waals surface area contributed by atoms with E-state index in [0.29, 0.717) is 0 Å². The number of nitro groups is 1. The van der Waals surface area contributed by atoms with Gasteiger partial charge in [0.05, 0.1) is 17.4 Å². The lowest BCUT2D eigenvalue weighted by atomic mass is 10.1. The maximum atomic E-state index is 10.3. The lowest BCUT2D eigenvalue weighted by Gasteiger charge is -1.99. The Balaban J connectivity index is 3.20. The normalized spacial score (nSPS) is 9.15. The highest BCUT2D eigenvalue weighted by molar-refractivity contribution is 5.51. The number of phenolic OH excluding ortho intramolecular Hbond substituents is 1. The standard InChI is InChI=1S/C8H6N2O3/c9-5-4-6-2-1-3-7(8(6)11)10(12)13/h1-3,11H,4H2. The predicted molar refractivity (Wildman–Crippen MR) is 44.1 cm³/mol. The molecular formula is C8H6N2O3. The molecule has 66 valence electrons. The van der Waals surface area contributed by atoms with Crippen molar-refractivity contribution in [3.8, 4) is 11.8 Å². The maximum Gasteiger partial charge on any atom is 0.311 e. The number of para-hydroxylation sites is 1. The summed E-state index contributed by atoms with van der Waals surface area (Å²) in [6.07, 6.45) is -0.0342. The van der Waals surface area contributed by atoms with Gasteiger partial charge in [0, 0.05) is 11.6 Å². The third-order valence-corrected chi connectivity index (χ3v) is 1.56. The van der Waals surface area contributed by atoms with Gasteiger partial charge in [0.2, 0.25) is 0 Å². The Morgan fingerprint density at radius 2 is 2.31 bits per heavy atom. The topological polar surface area (TPSA) is 87.2 Å². The predicted octanol–water partition coefficient (Wildman–Crippen LogP) is 1.37. The first kappa shape index (κ1) is 9.00. The molecule has 0 amide bonds. The Kier molecular flexibility index (Phi) is 2.45. The van der Waals surface area contributed by atoms with Crippen molar-refractivity contribution in [1.29, 1.82) is 5.26 Å². The molecular weight excluding hydrogens is 172 g/mol. The zero-order valence-electron chi connectivity index (χ0n) is 6.60. The zero-order valence-corrected chi connectivity index (χ0v) is 6.60. The highest BCUT2D eigenvalue weighted by Gasteiger charge is 2.15. The Morgan fingerprint density at radius 3 is 2.85 bits per heavy atom. The number of nitro benzene ring substituents is 1. The minimum absolute atomic E-state index is 0.0342. The van der Waals surface area contributed by atoms with Crippen LogP contribution in [-0.2, 0) is 6.42 Å². The molecule has 5 heteroatoms. The van der Waals surface area contributed by atoms with Gasteiger partial charge < -0.3 is 5.11 Å². The van der Waals surface area contributed by atoms with Crippen molar-refractivity contribution in [2.75, 3.05) is 0 Å². The second-order valence-corrected chi connectivity index (χ2v) is 2.38. The van der Waals surface area contributed by atoms with E-state index in [0.717, 1.165) is 0 Å². The van der Waals surface area contributed by atoms with Crippen LogP contribution < -0.4 is 0 Å². The van der Waals surface area contributed by atoms with Crippen molar-refractivity contribution in [2.45, 2.75) is 6.42 Å². The van der Waals surface area contributed by atoms with Crippen LogP contribution in [0.3, 0.4) is 0 Å². The van der Waals surface area contributed by atoms with Crippen LogP contribution in [0.4, 0.5) is 5.69 Å². The summed E-state index contributed by atoms with van der Waals surface area (Å²) in [6, 6.07) is 5.91. The molecule has 0 heterocycles. The van der Waals surface area contributed by atoms with Crippen LogP contribution in [0.5, 0.6) is 5.75 Å². The third kappa shape index (κ3) is 1.73. The summed E-state index contributed by atoms with van der Waals surface area (Å²) in [5.74, 6) is -0.422. The molecule has 0 aliphatic carbocycles. The molecule has 0 atom stereocenters. The molecule has 1 rings (SSSR count). The van der Waals surface area contributed by atoms with Gasteiger partial charge in [-0.1, -0.05) is 12.1 Å². The fourth-order valence-electron chi connectivity index (χ4n) is 0.953. The van der Waals surface area contributed by atoms with Gasteiger partial charge in [0.15, 0.2) is 5.75 Å². The summed E-state index contributed by atoms with van der Waals surface area (Å²) in [4.78, 5) is 9.66. The van der Waals surface area contributed by atoms with Gasteiger partial charge in [0.1, 0.15) is 0 Å². The molecule has 0 aliphatic heterocycles. The smallest absolute Gasteiger partial charge is 0.311 e. The molecule has 0 spiro atoms. The van der Waals surface area contributed by atoms with Gasteiger partial charge in [-0.3, -0.25) is 10.1 Å². The molecule has 0 bridgehead atoms. The van der Waals surface area contributed by atoms with Gasteiger partial charge >= 0.3 is 5.69 Å². The molecule has 0 unspecified atom stereocenters. The minimum atomic E-state index is -0.684. The van der Waals surface area contributed by atoms with Crippen molar-refractivity contribution in [3.05, 3.63) is 33.9 Å². The van der Waals surface area contributed by atoms with E-state index in [1.165, 1.54) is 18.2 Å². The molecule has 1 aromatic rings. The largest absolute Gasteiger partial charge is 0.502 e. The van der Waals surface area contributed by atoms with E-state index in [2.05, 4.69) is 0 Å². The Labute approximate surface area is 74.0 Å². The molecule has 13 heavy (non-hydrogen) atoms. The van der Waals surface area contributed by atoms with Gasteiger partial charge in [0.25, 0.3) is 0 Å². The number of hydrogen-bond donors (Lipinski definition) is 1. The summed E-state index contributed by atoms with van der Waals surface area (Å²) in [6.45, 7) is 0. The van der Waals surface area contributed by atoms with Gasteiger partial charge in [-0.15, -0.1) is 0 Å². The van der Waals surface area contributed by atoms with Gasteiger partial charge in [-0.25, -0.2) is 0 Å². The van der Waals surface area contributed by atoms with Crippen LogP contribution in [0, 0.1) is 21.4 Å². The van der Waals surface area contributed by atoms with Crippen LogP contribution >= 0.6 is 0 Å². The van der Waals surface area contributed by atoms with Gasteiger partial charge in [-0.05, 0) is 0 Å². The quantitative estimate of drug-likeness (QED) is 0.547. The molecule has 5 nitrogen and oxygen atoms in total. The third-order valence-electron chi connectivity index (χ3n) is 1.56. The van der Waals surface area contributed by atoms with E-state index in [-0.39, 0.29) is 17.7 Å². The van der Waals surface area contributed by atoms with Crippen LogP contribution in [0.1, 0.15) is 5.56 Å². The van der Waals surface area contributed by atoms with Gasteiger partial charge in [-0.2, -0.15) is 5.26 Å². The first-order valence-corrected chi connectivity index (χ1v) is 3.49. The molecule has 1 N–H and O–H groups in total. The monoisotopic (exact) mass is 178 g/mol. The van der Waals surface area contributed by atoms with E-state index in [4.69, 9.17) is 5.26 Å². The fourth-order valence-corrected chi connectivity index (χ4v) is 0.953. The average Bonchev–Trinajstić information content (AvgIpc) is 2.08. The van der Waals surface area contributed by atoms with E-state index in [1.807, 2.05) is 6.07 Å². The Morgan fingerprint density at radius 1 is 1.62 bits per heavy atom. The zero-order chi connectivity index (χ0) is 9.84. The minimum Gasteiger partial charge on any atom is -0.502 e. The molecule has 0 saturated heterocycles. The van der Waals surface area contributed by atoms with Crippen molar-refractivity contribution < 1.29 is 10.0 Å². The lowest BCUT2D eigenvalue weighted by molar-refractivity contribution is -0.385. The number of hydrogen-bond acceptors (Lipinski definition) is 4. The van der Waals surface area contributed by atoms with Crippen LogP contribution in [0.15, 0.2) is 18.2 Å². The number of phenols is 1. The number of aromatic hydroxyl groups is 1. The number of rotatable bonds is 2. The summed E-state index contributed by atoms with van der Waals surface area (Å²) in [5, 5.41) is 28.0. The van der Waals surface area contributed by atoms with Crippen LogP contribution in [-0.4, -0.2) is 10.0 Å². The summed E-state index contributed by atoms with van der Waals surface area (Å²) < 4.78 is 0. The second kappa shape index (κ2) is 3.54. The van der Waals surface area contributed by atoms with Crippen LogP contribution in [0.2, 0.25) is 0 Å². The second-order valence-electron chi connectivity index (χ2n) is 2.38.